The van der Waals surface area contributed by atoms with Gasteiger partial charge in [0.15, 0.2) is 5.72 Å². The lowest BCUT2D eigenvalue weighted by atomic mass is 9.97. The Morgan fingerprint density at radius 1 is 1.19 bits per heavy atom. The maximum atomic E-state index is 13.7. The van der Waals surface area contributed by atoms with Gasteiger partial charge in [-0.1, -0.05) is 24.6 Å². The maximum absolute atomic E-state index is 13.7. The molecule has 1 aromatic heterocycles. The number of ether oxygens (including phenoxy) is 2. The number of nitrogens with one attached hydrogen (secondary N) is 3. The maximum Gasteiger partial charge on any atom is 0.269 e. The molecule has 1 unspecified atom stereocenters. The van der Waals surface area contributed by atoms with Crippen LogP contribution in [0.15, 0.2) is 66.3 Å². The Kier molecular flexibility index (Phi) is 9.90. The van der Waals surface area contributed by atoms with Gasteiger partial charge in [-0.3, -0.25) is 14.6 Å². The van der Waals surface area contributed by atoms with Crippen LogP contribution >= 0.6 is 11.6 Å². The van der Waals surface area contributed by atoms with Crippen LogP contribution in [0.5, 0.6) is 5.75 Å². The molecule has 1 saturated carbocycles. The number of piperazine rings is 1. The SMILES string of the molecule is CCOC1(c2cccnc2)C=CC(N2CCN(C(=O)c3ccc(OC4CC4)cc3Cl)C[C@H]2CC)=C(C(=O)NCCNC)N1. The Balaban J connectivity index is 1.39. The second-order valence-electron chi connectivity index (χ2n) is 11.0. The van der Waals surface area contributed by atoms with Crippen molar-refractivity contribution in [3.05, 3.63) is 82.4 Å². The van der Waals surface area contributed by atoms with Gasteiger partial charge in [0.1, 0.15) is 11.4 Å². The third-order valence-electron chi connectivity index (χ3n) is 7.94. The molecule has 10 nitrogen and oxygen atoms in total. The third kappa shape index (κ3) is 6.98. The van der Waals surface area contributed by atoms with Crippen molar-refractivity contribution >= 4 is 23.4 Å². The van der Waals surface area contributed by atoms with E-state index in [0.29, 0.717) is 61.4 Å². The predicted molar refractivity (Wildman–Crippen MR) is 166 cm³/mol. The van der Waals surface area contributed by atoms with E-state index >= 15 is 0 Å². The lowest BCUT2D eigenvalue weighted by Gasteiger charge is -2.45. The first kappa shape index (κ1) is 30.8. The van der Waals surface area contributed by atoms with Crippen molar-refractivity contribution in [1.82, 2.24) is 30.7 Å². The van der Waals surface area contributed by atoms with E-state index in [1.54, 1.807) is 24.5 Å². The highest BCUT2D eigenvalue weighted by Crippen LogP contribution is 2.34. The number of carbonyl (C=O) groups is 2. The molecule has 11 heteroatoms. The van der Waals surface area contributed by atoms with Crippen LogP contribution in [0, 0.1) is 0 Å². The molecule has 0 spiro atoms. The van der Waals surface area contributed by atoms with E-state index in [2.05, 4.69) is 32.8 Å². The van der Waals surface area contributed by atoms with Crippen LogP contribution in [0.4, 0.5) is 0 Å². The highest BCUT2D eigenvalue weighted by atomic mass is 35.5. The van der Waals surface area contributed by atoms with Crippen molar-refractivity contribution in [2.45, 2.75) is 51.0 Å². The number of dihydropyridines is 1. The summed E-state index contributed by atoms with van der Waals surface area (Å²) in [4.78, 5) is 35.6. The minimum absolute atomic E-state index is 0.0199. The van der Waals surface area contributed by atoms with Crippen molar-refractivity contribution in [1.29, 1.82) is 0 Å². The van der Waals surface area contributed by atoms with Gasteiger partial charge in [-0.15, -0.1) is 0 Å². The molecule has 2 aliphatic heterocycles. The summed E-state index contributed by atoms with van der Waals surface area (Å²) < 4.78 is 12.1. The Hall–Kier alpha value is -3.60. The molecule has 3 N–H and O–H groups in total. The van der Waals surface area contributed by atoms with Crippen LogP contribution in [-0.2, 0) is 15.3 Å². The normalized spacial score (nSPS) is 21.9. The molecule has 0 bridgehead atoms. The summed E-state index contributed by atoms with van der Waals surface area (Å²) in [7, 11) is 1.84. The number of pyridine rings is 1. The van der Waals surface area contributed by atoms with Crippen LogP contribution in [0.25, 0.3) is 0 Å². The number of carbonyl (C=O) groups excluding carboxylic acids is 2. The number of rotatable bonds is 12. The number of likely N-dealkylation sites (N-methyl/N-ethyl adjacent to an activating group) is 1. The molecular weight excluding hydrogens is 568 g/mol. The largest absolute Gasteiger partial charge is 0.490 e. The molecule has 2 aromatic rings. The van der Waals surface area contributed by atoms with E-state index in [1.165, 1.54) is 0 Å². The van der Waals surface area contributed by atoms with Crippen molar-refractivity contribution in [3.8, 4) is 5.75 Å². The van der Waals surface area contributed by atoms with Gasteiger partial charge in [0.25, 0.3) is 11.8 Å². The summed E-state index contributed by atoms with van der Waals surface area (Å²) in [6.07, 6.45) is 10.5. The third-order valence-corrected chi connectivity index (χ3v) is 8.25. The van der Waals surface area contributed by atoms with E-state index in [-0.39, 0.29) is 24.0 Å². The average Bonchev–Trinajstić information content (AvgIpc) is 3.85. The number of hydrogen-bond acceptors (Lipinski definition) is 8. The number of benzene rings is 1. The Morgan fingerprint density at radius 2 is 2.02 bits per heavy atom. The van der Waals surface area contributed by atoms with E-state index in [4.69, 9.17) is 21.1 Å². The minimum Gasteiger partial charge on any atom is -0.490 e. The van der Waals surface area contributed by atoms with Gasteiger partial charge < -0.3 is 35.2 Å². The average molecular weight is 609 g/mol. The molecule has 1 saturated heterocycles. The van der Waals surface area contributed by atoms with E-state index in [0.717, 1.165) is 30.5 Å². The summed E-state index contributed by atoms with van der Waals surface area (Å²) in [5.74, 6) is 0.360. The fraction of sp³-hybridized carbons (Fsp3) is 0.469. The number of allylic oxidation sites excluding steroid dienone is 1. The van der Waals surface area contributed by atoms with Gasteiger partial charge in [0, 0.05) is 63.3 Å². The number of aromatic nitrogens is 1. The zero-order valence-electron chi connectivity index (χ0n) is 25.1. The minimum atomic E-state index is -1.05. The van der Waals surface area contributed by atoms with Crippen LogP contribution in [-0.4, -0.2) is 85.1 Å². The molecule has 3 aliphatic rings. The molecule has 43 heavy (non-hydrogen) atoms. The first-order chi connectivity index (χ1) is 20.9. The lowest BCUT2D eigenvalue weighted by molar-refractivity contribution is -0.119. The van der Waals surface area contributed by atoms with Crippen LogP contribution in [0.3, 0.4) is 0 Å². The molecule has 1 aromatic carbocycles. The molecule has 5 rings (SSSR count). The number of hydrogen-bond donors (Lipinski definition) is 3. The van der Waals surface area contributed by atoms with E-state index < -0.39 is 5.72 Å². The van der Waals surface area contributed by atoms with Crippen LogP contribution < -0.4 is 20.7 Å². The second-order valence-corrected chi connectivity index (χ2v) is 11.4. The smallest absolute Gasteiger partial charge is 0.269 e. The summed E-state index contributed by atoms with van der Waals surface area (Å²) in [6, 6.07) is 9.06. The molecule has 0 radical (unpaired) electrons. The fourth-order valence-electron chi connectivity index (χ4n) is 5.52. The second kappa shape index (κ2) is 13.8. The number of nitrogens with zero attached hydrogens (tertiary/aromatic N) is 3. The molecule has 2 amide bonds. The fourth-order valence-corrected chi connectivity index (χ4v) is 5.77. The molecule has 2 fully saturated rings. The first-order valence-corrected chi connectivity index (χ1v) is 15.5. The van der Waals surface area contributed by atoms with Gasteiger partial charge in [-0.2, -0.15) is 0 Å². The Labute approximate surface area is 258 Å². The zero-order valence-corrected chi connectivity index (χ0v) is 25.8. The van der Waals surface area contributed by atoms with Crippen molar-refractivity contribution in [2.24, 2.45) is 0 Å². The van der Waals surface area contributed by atoms with Gasteiger partial charge in [-0.25, -0.2) is 0 Å². The molecule has 230 valence electrons. The van der Waals surface area contributed by atoms with Gasteiger partial charge in [0.05, 0.1) is 22.4 Å². The van der Waals surface area contributed by atoms with Crippen LogP contribution in [0.2, 0.25) is 5.02 Å². The summed E-state index contributed by atoms with van der Waals surface area (Å²) in [5, 5.41) is 9.91. The van der Waals surface area contributed by atoms with Crippen LogP contribution in [0.1, 0.15) is 49.0 Å². The zero-order chi connectivity index (χ0) is 30.4. The monoisotopic (exact) mass is 608 g/mol. The highest BCUT2D eigenvalue weighted by molar-refractivity contribution is 6.34. The molecule has 1 aliphatic carbocycles. The predicted octanol–water partition coefficient (Wildman–Crippen LogP) is 3.41. The Morgan fingerprint density at radius 3 is 2.70 bits per heavy atom. The highest BCUT2D eigenvalue weighted by Gasteiger charge is 2.40. The molecular formula is C32H41ClN6O4. The lowest BCUT2D eigenvalue weighted by Crippen LogP contribution is -2.56. The number of amides is 2. The summed E-state index contributed by atoms with van der Waals surface area (Å²) in [5.41, 5.74) is 1.39. The summed E-state index contributed by atoms with van der Waals surface area (Å²) in [6.45, 7) is 7.07. The Bertz CT molecular complexity index is 1360. The van der Waals surface area contributed by atoms with Crippen molar-refractivity contribution < 1.29 is 19.1 Å². The van der Waals surface area contributed by atoms with Gasteiger partial charge >= 0.3 is 0 Å². The van der Waals surface area contributed by atoms with E-state index in [1.807, 2.05) is 49.2 Å². The number of halogens is 1. The quantitative estimate of drug-likeness (QED) is 0.315. The summed E-state index contributed by atoms with van der Waals surface area (Å²) >= 11 is 6.55. The standard InChI is InChI=1S/C32H41ClN6O4/c1-4-23-21-38(31(41)26-11-10-25(19-27(26)33)43-24-8-9-24)17-18-39(23)28-12-13-32(42-5-2,22-7-6-14-35-20-22)37-29(28)30(40)36-16-15-34-3/h6-7,10-14,19-20,23-24,34,37H,4-5,8-9,15-18,21H2,1-3H3,(H,36,40)/t23-,32?/m1/s1. The van der Waals surface area contributed by atoms with Gasteiger partial charge in [0.2, 0.25) is 0 Å². The van der Waals surface area contributed by atoms with Crippen molar-refractivity contribution in [3.63, 3.8) is 0 Å². The first-order valence-electron chi connectivity index (χ1n) is 15.1. The van der Waals surface area contributed by atoms with Crippen molar-refractivity contribution in [2.75, 3.05) is 46.4 Å². The topological polar surface area (TPSA) is 108 Å². The molecule has 2 atom stereocenters. The van der Waals surface area contributed by atoms with Gasteiger partial charge in [-0.05, 0) is 69.7 Å². The molecule has 3 heterocycles. The van der Waals surface area contributed by atoms with E-state index in [9.17, 15) is 9.59 Å².